The van der Waals surface area contributed by atoms with Crippen molar-refractivity contribution in [2.45, 2.75) is 6.54 Å². The molecule has 4 N–H and O–H groups in total. The van der Waals surface area contributed by atoms with Gasteiger partial charge in [0.1, 0.15) is 5.69 Å². The second-order valence-electron chi connectivity index (χ2n) is 5.71. The molecule has 2 amide bonds. The highest BCUT2D eigenvalue weighted by molar-refractivity contribution is 5.97. The van der Waals surface area contributed by atoms with Crippen molar-refractivity contribution in [3.05, 3.63) is 83.2 Å². The Morgan fingerprint density at radius 3 is 2.30 bits per heavy atom. The number of rotatable bonds is 6. The van der Waals surface area contributed by atoms with Gasteiger partial charge in [0.25, 0.3) is 11.8 Å². The fourth-order valence-corrected chi connectivity index (χ4v) is 2.47. The monoisotopic (exact) mass is 364 g/mol. The lowest BCUT2D eigenvalue weighted by atomic mass is 10.1. The summed E-state index contributed by atoms with van der Waals surface area (Å²) in [5.41, 5.74) is 7.03. The molecule has 136 valence electrons. The van der Waals surface area contributed by atoms with Crippen LogP contribution in [-0.2, 0) is 6.54 Å². The van der Waals surface area contributed by atoms with Gasteiger partial charge in [0, 0.05) is 12.6 Å². The zero-order valence-corrected chi connectivity index (χ0v) is 14.1. The second kappa shape index (κ2) is 7.52. The lowest BCUT2D eigenvalue weighted by molar-refractivity contribution is 0.0696. The number of aromatic carboxylic acids is 1. The van der Waals surface area contributed by atoms with Crippen molar-refractivity contribution in [2.75, 3.05) is 0 Å². The van der Waals surface area contributed by atoms with Gasteiger partial charge in [-0.25, -0.2) is 9.48 Å². The molecule has 0 unspecified atom stereocenters. The molecule has 0 aliphatic rings. The summed E-state index contributed by atoms with van der Waals surface area (Å²) in [7, 11) is 0. The summed E-state index contributed by atoms with van der Waals surface area (Å²) in [6, 6.07) is 16.3. The number of benzene rings is 2. The zero-order valence-electron chi connectivity index (χ0n) is 14.1. The summed E-state index contributed by atoms with van der Waals surface area (Å²) in [5.74, 6) is -2.19. The van der Waals surface area contributed by atoms with Crippen LogP contribution in [0.2, 0.25) is 0 Å². The van der Waals surface area contributed by atoms with Gasteiger partial charge < -0.3 is 16.2 Å². The van der Waals surface area contributed by atoms with E-state index in [1.54, 1.807) is 36.4 Å². The molecule has 3 aromatic rings. The molecule has 0 fully saturated rings. The predicted molar refractivity (Wildman–Crippen MR) is 96.7 cm³/mol. The Morgan fingerprint density at radius 2 is 1.70 bits per heavy atom. The van der Waals surface area contributed by atoms with Crippen LogP contribution >= 0.6 is 0 Å². The second-order valence-corrected chi connectivity index (χ2v) is 5.71. The quantitative estimate of drug-likeness (QED) is 0.612. The number of nitrogens with one attached hydrogen (secondary N) is 1. The van der Waals surface area contributed by atoms with Gasteiger partial charge in [0.15, 0.2) is 5.69 Å². The molecule has 0 saturated heterocycles. The minimum Gasteiger partial charge on any atom is -0.478 e. The molecule has 0 spiro atoms. The van der Waals surface area contributed by atoms with Crippen LogP contribution in [0.1, 0.15) is 36.9 Å². The van der Waals surface area contributed by atoms with Gasteiger partial charge >= 0.3 is 5.97 Å². The average molecular weight is 364 g/mol. The number of carboxylic acid groups (broad SMARTS) is 1. The number of hydrogen-bond donors (Lipinski definition) is 3. The Labute approximate surface area is 154 Å². The molecule has 27 heavy (non-hydrogen) atoms. The first kappa shape index (κ1) is 17.9. The number of carboxylic acids is 1. The predicted octanol–water partition coefficient (Wildman–Crippen LogP) is 1.60. The number of nitrogens with two attached hydrogens (primary N) is 1. The maximum atomic E-state index is 12.4. The fourth-order valence-electron chi connectivity index (χ4n) is 2.47. The zero-order chi connectivity index (χ0) is 19.4. The van der Waals surface area contributed by atoms with Gasteiger partial charge in [0.2, 0.25) is 0 Å². The highest BCUT2D eigenvalue weighted by Crippen LogP contribution is 2.13. The van der Waals surface area contributed by atoms with Crippen LogP contribution in [0.5, 0.6) is 0 Å². The number of carbonyl (C=O) groups excluding carboxylic acids is 2. The Bertz CT molecular complexity index is 994. The van der Waals surface area contributed by atoms with E-state index in [-0.39, 0.29) is 23.5 Å². The standard InChI is InChI=1S/C19H16N4O4/c20-17(24)16-10-15(22-23(16)14-4-2-1-3-5-14)18(25)21-11-12-6-8-13(9-7-12)19(26)27/h1-10H,11H2,(H2,20,24)(H,21,25)(H,26,27). The van der Waals surface area contributed by atoms with Crippen LogP contribution in [0.4, 0.5) is 0 Å². The lowest BCUT2D eigenvalue weighted by Crippen LogP contribution is -2.23. The molecule has 0 saturated carbocycles. The molecule has 2 aromatic carbocycles. The molecule has 8 heteroatoms. The number of nitrogens with zero attached hydrogens (tertiary/aromatic N) is 2. The number of carbonyl (C=O) groups is 3. The molecular weight excluding hydrogens is 348 g/mol. The van der Waals surface area contributed by atoms with Crippen LogP contribution < -0.4 is 11.1 Å². The largest absolute Gasteiger partial charge is 0.478 e. The summed E-state index contributed by atoms with van der Waals surface area (Å²) in [5, 5.41) is 15.7. The van der Waals surface area contributed by atoms with E-state index >= 15 is 0 Å². The van der Waals surface area contributed by atoms with Gasteiger partial charge in [-0.1, -0.05) is 30.3 Å². The van der Waals surface area contributed by atoms with Gasteiger partial charge in [-0.3, -0.25) is 9.59 Å². The summed E-state index contributed by atoms with van der Waals surface area (Å²) in [6.07, 6.45) is 0. The van der Waals surface area contributed by atoms with Gasteiger partial charge in [-0.05, 0) is 29.8 Å². The molecular formula is C19H16N4O4. The maximum absolute atomic E-state index is 12.4. The van der Waals surface area contributed by atoms with E-state index in [2.05, 4.69) is 10.4 Å². The minimum absolute atomic E-state index is 0.0507. The molecule has 0 radical (unpaired) electrons. The molecule has 3 rings (SSSR count). The van der Waals surface area contributed by atoms with Crippen LogP contribution in [0.3, 0.4) is 0 Å². The Morgan fingerprint density at radius 1 is 1.04 bits per heavy atom. The lowest BCUT2D eigenvalue weighted by Gasteiger charge is -2.05. The molecule has 0 bridgehead atoms. The normalized spacial score (nSPS) is 10.4. The van der Waals surface area contributed by atoms with Crippen molar-refractivity contribution < 1.29 is 19.5 Å². The highest BCUT2D eigenvalue weighted by atomic mass is 16.4. The van der Waals surface area contributed by atoms with E-state index < -0.39 is 17.8 Å². The summed E-state index contributed by atoms with van der Waals surface area (Å²) in [4.78, 5) is 34.9. The molecule has 8 nitrogen and oxygen atoms in total. The van der Waals surface area contributed by atoms with E-state index in [1.807, 2.05) is 6.07 Å². The smallest absolute Gasteiger partial charge is 0.335 e. The van der Waals surface area contributed by atoms with E-state index in [0.717, 1.165) is 5.56 Å². The SMILES string of the molecule is NC(=O)c1cc(C(=O)NCc2ccc(C(=O)O)cc2)nn1-c1ccccc1. The van der Waals surface area contributed by atoms with Crippen molar-refractivity contribution in [1.82, 2.24) is 15.1 Å². The average Bonchev–Trinajstić information content (AvgIpc) is 3.13. The summed E-state index contributed by atoms with van der Waals surface area (Å²) in [6.45, 7) is 0.183. The summed E-state index contributed by atoms with van der Waals surface area (Å²) < 4.78 is 1.32. The fraction of sp³-hybridized carbons (Fsp3) is 0.0526. The van der Waals surface area contributed by atoms with Crippen molar-refractivity contribution in [2.24, 2.45) is 5.73 Å². The number of hydrogen-bond acceptors (Lipinski definition) is 4. The first-order valence-corrected chi connectivity index (χ1v) is 8.01. The van der Waals surface area contributed by atoms with E-state index in [0.29, 0.717) is 5.69 Å². The van der Waals surface area contributed by atoms with Crippen LogP contribution in [0, 0.1) is 0 Å². The van der Waals surface area contributed by atoms with E-state index in [4.69, 9.17) is 10.8 Å². The molecule has 1 heterocycles. The van der Waals surface area contributed by atoms with E-state index in [9.17, 15) is 14.4 Å². The third kappa shape index (κ3) is 4.01. The molecule has 0 aliphatic carbocycles. The number of amides is 2. The van der Waals surface area contributed by atoms with Crippen LogP contribution in [-0.4, -0.2) is 32.7 Å². The van der Waals surface area contributed by atoms with Crippen LogP contribution in [0.15, 0.2) is 60.7 Å². The highest BCUT2D eigenvalue weighted by Gasteiger charge is 2.18. The van der Waals surface area contributed by atoms with E-state index in [1.165, 1.54) is 22.9 Å². The van der Waals surface area contributed by atoms with Gasteiger partial charge in [0.05, 0.1) is 11.3 Å². The van der Waals surface area contributed by atoms with Gasteiger partial charge in [-0.15, -0.1) is 0 Å². The molecule has 0 atom stereocenters. The third-order valence-electron chi connectivity index (χ3n) is 3.85. The third-order valence-corrected chi connectivity index (χ3v) is 3.85. The molecule has 0 aliphatic heterocycles. The van der Waals surface area contributed by atoms with Crippen molar-refractivity contribution in [1.29, 1.82) is 0 Å². The number of primary amides is 1. The van der Waals surface area contributed by atoms with Crippen molar-refractivity contribution >= 4 is 17.8 Å². The Balaban J connectivity index is 1.77. The van der Waals surface area contributed by atoms with Crippen molar-refractivity contribution in [3.63, 3.8) is 0 Å². The first-order valence-electron chi connectivity index (χ1n) is 8.01. The minimum atomic E-state index is -1.02. The topological polar surface area (TPSA) is 127 Å². The maximum Gasteiger partial charge on any atom is 0.335 e. The Kier molecular flexibility index (Phi) is 4.98. The molecule has 1 aromatic heterocycles. The summed E-state index contributed by atoms with van der Waals surface area (Å²) >= 11 is 0. The van der Waals surface area contributed by atoms with Crippen molar-refractivity contribution in [3.8, 4) is 5.69 Å². The number of aromatic nitrogens is 2. The first-order chi connectivity index (χ1) is 13.0. The van der Waals surface area contributed by atoms with Crippen LogP contribution in [0.25, 0.3) is 5.69 Å². The van der Waals surface area contributed by atoms with Gasteiger partial charge in [-0.2, -0.15) is 5.10 Å². The number of para-hydroxylation sites is 1. The Hall–Kier alpha value is -3.94.